The molecule has 4 aromatic heterocycles. The number of pyridine rings is 3. The smallest absolute Gasteiger partial charge is 0.0928 e. The summed E-state index contributed by atoms with van der Waals surface area (Å²) in [5, 5.41) is 11.0. The van der Waals surface area contributed by atoms with Crippen LogP contribution in [0.3, 0.4) is 0 Å². The summed E-state index contributed by atoms with van der Waals surface area (Å²) in [5.74, 6) is 0.746. The van der Waals surface area contributed by atoms with Gasteiger partial charge in [0, 0.05) is 30.4 Å². The highest BCUT2D eigenvalue weighted by molar-refractivity contribution is 5.84. The van der Waals surface area contributed by atoms with Crippen molar-refractivity contribution in [2.24, 2.45) is 5.92 Å². The van der Waals surface area contributed by atoms with Crippen LogP contribution in [0.2, 0.25) is 0 Å². The molecule has 0 bridgehead atoms. The van der Waals surface area contributed by atoms with Crippen LogP contribution in [0.1, 0.15) is 12.1 Å². The van der Waals surface area contributed by atoms with Gasteiger partial charge < -0.3 is 10.2 Å². The third-order valence-electron chi connectivity index (χ3n) is 6.31. The van der Waals surface area contributed by atoms with E-state index in [0.29, 0.717) is 6.04 Å². The zero-order chi connectivity index (χ0) is 20.1. The lowest BCUT2D eigenvalue weighted by Gasteiger charge is -2.19. The van der Waals surface area contributed by atoms with Gasteiger partial charge in [-0.2, -0.15) is 5.10 Å². The van der Waals surface area contributed by atoms with E-state index in [-0.39, 0.29) is 0 Å². The zero-order valence-corrected chi connectivity index (χ0v) is 16.8. The molecule has 7 nitrogen and oxygen atoms in total. The summed E-state index contributed by atoms with van der Waals surface area (Å²) in [6.07, 6.45) is 5.06. The summed E-state index contributed by atoms with van der Waals surface area (Å²) < 4.78 is 0. The first kappa shape index (κ1) is 17.5. The van der Waals surface area contributed by atoms with Crippen molar-refractivity contribution < 1.29 is 0 Å². The highest BCUT2D eigenvalue weighted by atomic mass is 15.2. The van der Waals surface area contributed by atoms with E-state index < -0.39 is 0 Å². The molecule has 6 rings (SSSR count). The first-order chi connectivity index (χ1) is 14.7. The summed E-state index contributed by atoms with van der Waals surface area (Å²) in [7, 11) is 0. The molecule has 0 aromatic carbocycles. The van der Waals surface area contributed by atoms with Crippen molar-refractivity contribution in [3.05, 3.63) is 54.5 Å². The summed E-state index contributed by atoms with van der Waals surface area (Å²) in [6, 6.07) is 12.8. The summed E-state index contributed by atoms with van der Waals surface area (Å²) in [5.41, 5.74) is 7.49. The van der Waals surface area contributed by atoms with E-state index in [2.05, 4.69) is 36.4 Å². The molecular formula is C23H23N7. The molecule has 0 spiro atoms. The first-order valence-electron chi connectivity index (χ1n) is 10.5. The van der Waals surface area contributed by atoms with Gasteiger partial charge in [-0.1, -0.05) is 6.07 Å². The second kappa shape index (κ2) is 6.88. The number of hydrogen-bond acceptors (Lipinski definition) is 6. The maximum absolute atomic E-state index is 4.94. The lowest BCUT2D eigenvalue weighted by molar-refractivity contribution is 0.556. The van der Waals surface area contributed by atoms with Crippen LogP contribution < -0.4 is 10.2 Å². The van der Waals surface area contributed by atoms with Gasteiger partial charge >= 0.3 is 0 Å². The fraction of sp³-hybridized carbons (Fsp3) is 0.304. The van der Waals surface area contributed by atoms with E-state index in [1.54, 1.807) is 0 Å². The summed E-state index contributed by atoms with van der Waals surface area (Å²) in [6.45, 7) is 5.27. The van der Waals surface area contributed by atoms with Gasteiger partial charge in [-0.3, -0.25) is 15.1 Å². The average Bonchev–Trinajstić information content (AvgIpc) is 3.49. The Morgan fingerprint density at radius 1 is 1.00 bits per heavy atom. The molecule has 150 valence electrons. The molecule has 0 radical (unpaired) electrons. The van der Waals surface area contributed by atoms with Crippen molar-refractivity contribution in [2.45, 2.75) is 19.4 Å². The average molecular weight is 397 g/mol. The quantitative estimate of drug-likeness (QED) is 0.552. The van der Waals surface area contributed by atoms with Crippen LogP contribution in [0, 0.1) is 12.8 Å². The van der Waals surface area contributed by atoms with Crippen LogP contribution >= 0.6 is 0 Å². The Morgan fingerprint density at radius 3 is 2.87 bits per heavy atom. The standard InChI is InChI=1S/C23H23N7/c1-14-3-2-4-20(27-14)23-17(11-26-29-23)18-5-6-19-21(28-18)9-16(10-25-19)30-12-15-7-8-24-22(15)13-30/h2-6,9-11,15,22,24H,7-8,12-13H2,1H3,(H,26,29)/t15-,22+/m0/s1. The number of nitrogens with zero attached hydrogens (tertiary/aromatic N) is 5. The van der Waals surface area contributed by atoms with E-state index in [9.17, 15) is 0 Å². The maximum Gasteiger partial charge on any atom is 0.0928 e. The third kappa shape index (κ3) is 2.93. The number of nitrogens with one attached hydrogen (secondary N) is 2. The predicted molar refractivity (Wildman–Crippen MR) is 117 cm³/mol. The van der Waals surface area contributed by atoms with E-state index in [1.807, 2.05) is 49.6 Å². The minimum absolute atomic E-state index is 0.607. The van der Waals surface area contributed by atoms with Crippen LogP contribution in [0.15, 0.2) is 48.8 Å². The minimum Gasteiger partial charge on any atom is -0.368 e. The van der Waals surface area contributed by atoms with E-state index in [1.165, 1.54) is 6.42 Å². The molecule has 30 heavy (non-hydrogen) atoms. The normalized spacial score (nSPS) is 20.8. The molecule has 2 saturated heterocycles. The van der Waals surface area contributed by atoms with Crippen LogP contribution in [-0.4, -0.2) is 50.8 Å². The minimum atomic E-state index is 0.607. The number of aromatic nitrogens is 5. The topological polar surface area (TPSA) is 82.6 Å². The summed E-state index contributed by atoms with van der Waals surface area (Å²) in [4.78, 5) is 16.7. The Labute approximate surface area is 174 Å². The third-order valence-corrected chi connectivity index (χ3v) is 6.31. The lowest BCUT2D eigenvalue weighted by Crippen LogP contribution is -2.30. The Bertz CT molecular complexity index is 1220. The Kier molecular flexibility index (Phi) is 4.02. The zero-order valence-electron chi connectivity index (χ0n) is 16.8. The van der Waals surface area contributed by atoms with Crippen molar-refractivity contribution in [3.8, 4) is 22.6 Å². The lowest BCUT2D eigenvalue weighted by atomic mass is 10.1. The fourth-order valence-corrected chi connectivity index (χ4v) is 4.74. The summed E-state index contributed by atoms with van der Waals surface area (Å²) >= 11 is 0. The molecule has 2 fully saturated rings. The van der Waals surface area contributed by atoms with E-state index in [4.69, 9.17) is 4.98 Å². The number of aromatic amines is 1. The van der Waals surface area contributed by atoms with Crippen LogP contribution in [0.5, 0.6) is 0 Å². The second-order valence-electron chi connectivity index (χ2n) is 8.27. The molecule has 0 aliphatic carbocycles. The van der Waals surface area contributed by atoms with Crippen molar-refractivity contribution in [1.82, 2.24) is 30.5 Å². The highest BCUT2D eigenvalue weighted by Gasteiger charge is 2.36. The van der Waals surface area contributed by atoms with Gasteiger partial charge in [0.25, 0.3) is 0 Å². The number of rotatable bonds is 3. The maximum atomic E-state index is 4.94. The molecule has 0 unspecified atom stereocenters. The van der Waals surface area contributed by atoms with Crippen molar-refractivity contribution in [1.29, 1.82) is 0 Å². The monoisotopic (exact) mass is 397 g/mol. The molecule has 7 heteroatoms. The van der Waals surface area contributed by atoms with Gasteiger partial charge in [0.2, 0.25) is 0 Å². The van der Waals surface area contributed by atoms with Gasteiger partial charge in [0.05, 0.1) is 46.2 Å². The van der Waals surface area contributed by atoms with Crippen LogP contribution in [0.25, 0.3) is 33.7 Å². The molecule has 2 aliphatic rings. The van der Waals surface area contributed by atoms with Gasteiger partial charge in [-0.25, -0.2) is 4.98 Å². The van der Waals surface area contributed by atoms with E-state index >= 15 is 0 Å². The number of hydrogen-bond donors (Lipinski definition) is 2. The van der Waals surface area contributed by atoms with Crippen LogP contribution in [0.4, 0.5) is 5.69 Å². The number of aryl methyl sites for hydroxylation is 1. The highest BCUT2D eigenvalue weighted by Crippen LogP contribution is 2.32. The van der Waals surface area contributed by atoms with Crippen molar-refractivity contribution in [2.75, 3.05) is 24.5 Å². The van der Waals surface area contributed by atoms with Crippen molar-refractivity contribution in [3.63, 3.8) is 0 Å². The van der Waals surface area contributed by atoms with Crippen LogP contribution in [-0.2, 0) is 0 Å². The second-order valence-corrected chi connectivity index (χ2v) is 8.27. The van der Waals surface area contributed by atoms with Crippen molar-refractivity contribution >= 4 is 16.7 Å². The molecule has 6 heterocycles. The SMILES string of the molecule is Cc1cccc(-c2[nH]ncc2-c2ccc3ncc(N4C[C@@H]5CCN[C@@H]5C4)cc3n2)n1. The van der Waals surface area contributed by atoms with Gasteiger partial charge in [0.1, 0.15) is 0 Å². The molecule has 2 atom stereocenters. The Morgan fingerprint density at radius 2 is 1.97 bits per heavy atom. The number of H-pyrrole nitrogens is 1. The fourth-order valence-electron chi connectivity index (χ4n) is 4.74. The van der Waals surface area contributed by atoms with Gasteiger partial charge in [0.15, 0.2) is 0 Å². The Hall–Kier alpha value is -3.32. The predicted octanol–water partition coefficient (Wildman–Crippen LogP) is 3.19. The molecule has 2 N–H and O–H groups in total. The molecule has 0 saturated carbocycles. The van der Waals surface area contributed by atoms with E-state index in [0.717, 1.165) is 70.6 Å². The van der Waals surface area contributed by atoms with Gasteiger partial charge in [-0.15, -0.1) is 0 Å². The largest absolute Gasteiger partial charge is 0.368 e. The Balaban J connectivity index is 1.37. The number of anilines is 1. The molecular weight excluding hydrogens is 374 g/mol. The molecule has 2 aliphatic heterocycles. The van der Waals surface area contributed by atoms with Gasteiger partial charge in [-0.05, 0) is 56.1 Å². The molecule has 4 aromatic rings. The number of fused-ring (bicyclic) bond motifs is 2. The molecule has 0 amide bonds. The first-order valence-corrected chi connectivity index (χ1v) is 10.5.